The average molecular weight is 383 g/mol. The molecule has 2 aliphatic rings. The minimum absolute atomic E-state index is 0.0412. The van der Waals surface area contributed by atoms with Crippen molar-refractivity contribution in [3.8, 4) is 0 Å². The number of carbonyl (C=O) groups is 1. The molecule has 1 heterocycles. The van der Waals surface area contributed by atoms with Crippen molar-refractivity contribution in [2.45, 2.75) is 56.7 Å². The van der Waals surface area contributed by atoms with E-state index < -0.39 is 15.8 Å². The highest BCUT2D eigenvalue weighted by molar-refractivity contribution is 7.88. The summed E-state index contributed by atoms with van der Waals surface area (Å²) in [5.74, 6) is -1.21. The fourth-order valence-electron chi connectivity index (χ4n) is 4.09. The Hall–Kier alpha value is -1.47. The van der Waals surface area contributed by atoms with Crippen LogP contribution in [0.4, 0.5) is 4.39 Å². The van der Waals surface area contributed by atoms with Crippen LogP contribution in [0.2, 0.25) is 0 Å². The summed E-state index contributed by atoms with van der Waals surface area (Å²) in [5.41, 5.74) is 0.181. The van der Waals surface area contributed by atoms with Crippen molar-refractivity contribution in [1.29, 1.82) is 0 Å². The lowest BCUT2D eigenvalue weighted by atomic mass is 10.0. The van der Waals surface area contributed by atoms with E-state index in [0.29, 0.717) is 25.9 Å². The molecule has 0 bridgehead atoms. The summed E-state index contributed by atoms with van der Waals surface area (Å²) >= 11 is 0. The predicted molar refractivity (Wildman–Crippen MR) is 98.3 cm³/mol. The molecule has 1 amide bonds. The lowest BCUT2D eigenvalue weighted by Gasteiger charge is -2.31. The van der Waals surface area contributed by atoms with E-state index in [1.165, 1.54) is 16.4 Å². The van der Waals surface area contributed by atoms with E-state index in [0.717, 1.165) is 32.1 Å². The van der Waals surface area contributed by atoms with Gasteiger partial charge in [-0.15, -0.1) is 0 Å². The van der Waals surface area contributed by atoms with Crippen LogP contribution in [0.5, 0.6) is 0 Å². The van der Waals surface area contributed by atoms with E-state index in [9.17, 15) is 17.6 Å². The van der Waals surface area contributed by atoms with Gasteiger partial charge in [-0.05, 0) is 31.7 Å². The van der Waals surface area contributed by atoms with Crippen molar-refractivity contribution in [3.05, 3.63) is 35.6 Å². The smallest absolute Gasteiger partial charge is 0.224 e. The molecule has 1 N–H and O–H groups in total. The molecule has 2 fully saturated rings. The zero-order valence-electron chi connectivity index (χ0n) is 15.0. The van der Waals surface area contributed by atoms with Gasteiger partial charge in [0.1, 0.15) is 5.82 Å². The van der Waals surface area contributed by atoms with Gasteiger partial charge in [0.15, 0.2) is 0 Å². The maximum atomic E-state index is 14.0. The van der Waals surface area contributed by atoms with Crippen LogP contribution in [0.25, 0.3) is 0 Å². The number of rotatable bonds is 3. The molecule has 1 saturated carbocycles. The first-order valence-electron chi connectivity index (χ1n) is 9.50. The van der Waals surface area contributed by atoms with Crippen LogP contribution in [0.3, 0.4) is 0 Å². The molecule has 0 radical (unpaired) electrons. The third kappa shape index (κ3) is 4.43. The second-order valence-electron chi connectivity index (χ2n) is 7.27. The van der Waals surface area contributed by atoms with Crippen LogP contribution in [-0.2, 0) is 20.6 Å². The highest BCUT2D eigenvalue weighted by atomic mass is 32.2. The van der Waals surface area contributed by atoms with E-state index in [-0.39, 0.29) is 29.2 Å². The molecule has 1 aromatic carbocycles. The van der Waals surface area contributed by atoms with Gasteiger partial charge in [0, 0.05) is 24.7 Å². The molecule has 2 unspecified atom stereocenters. The van der Waals surface area contributed by atoms with Crippen LogP contribution in [0, 0.1) is 11.7 Å². The van der Waals surface area contributed by atoms with Gasteiger partial charge >= 0.3 is 0 Å². The minimum atomic E-state index is -3.70. The van der Waals surface area contributed by atoms with Crippen LogP contribution in [-0.4, -0.2) is 37.8 Å². The van der Waals surface area contributed by atoms with Crippen molar-refractivity contribution in [3.63, 3.8) is 0 Å². The first-order chi connectivity index (χ1) is 12.5. The Balaban J connectivity index is 1.87. The molecular weight excluding hydrogens is 355 g/mol. The van der Waals surface area contributed by atoms with Crippen LogP contribution in [0.15, 0.2) is 24.3 Å². The third-order valence-electron chi connectivity index (χ3n) is 5.44. The molecule has 7 heteroatoms. The standard InChI is InChI=1S/C19H27FN2O3S/c20-17-10-4-3-8-15(17)14-26(24,25)22-13-6-2-1-5-12-21-19(23)16-9-7-11-18(16)22/h3-4,8,10,16,18H,1-2,5-7,9,11-14H2,(H,21,23). The molecule has 3 rings (SSSR count). The summed E-state index contributed by atoms with van der Waals surface area (Å²) in [7, 11) is -3.70. The molecule has 26 heavy (non-hydrogen) atoms. The molecule has 0 spiro atoms. The fourth-order valence-corrected chi connectivity index (χ4v) is 5.95. The van der Waals surface area contributed by atoms with Gasteiger partial charge < -0.3 is 5.32 Å². The second-order valence-corrected chi connectivity index (χ2v) is 9.19. The number of fused-ring (bicyclic) bond motifs is 1. The predicted octanol–water partition coefficient (Wildman–Crippen LogP) is 2.82. The van der Waals surface area contributed by atoms with E-state index in [1.807, 2.05) is 0 Å². The molecule has 5 nitrogen and oxygen atoms in total. The largest absolute Gasteiger partial charge is 0.356 e. The lowest BCUT2D eigenvalue weighted by Crippen LogP contribution is -2.47. The molecule has 2 atom stereocenters. The quantitative estimate of drug-likeness (QED) is 0.874. The van der Waals surface area contributed by atoms with Gasteiger partial charge in [0.2, 0.25) is 15.9 Å². The average Bonchev–Trinajstić information content (AvgIpc) is 3.06. The Bertz CT molecular complexity index is 738. The summed E-state index contributed by atoms with van der Waals surface area (Å²) in [6, 6.07) is 5.68. The minimum Gasteiger partial charge on any atom is -0.356 e. The summed E-state index contributed by atoms with van der Waals surface area (Å²) < 4.78 is 41.8. The lowest BCUT2D eigenvalue weighted by molar-refractivity contribution is -0.125. The van der Waals surface area contributed by atoms with Gasteiger partial charge in [0.05, 0.1) is 11.7 Å². The number of nitrogens with zero attached hydrogens (tertiary/aromatic N) is 1. The molecule has 144 valence electrons. The molecule has 1 aromatic rings. The molecule has 1 saturated heterocycles. The number of hydrogen-bond donors (Lipinski definition) is 1. The van der Waals surface area contributed by atoms with Crippen LogP contribution >= 0.6 is 0 Å². The number of nitrogens with one attached hydrogen (secondary N) is 1. The Labute approximate surface area is 155 Å². The summed E-state index contributed by atoms with van der Waals surface area (Å²) in [5, 5.41) is 2.96. The van der Waals surface area contributed by atoms with Crippen LogP contribution in [0.1, 0.15) is 50.5 Å². The molecule has 1 aliphatic heterocycles. The van der Waals surface area contributed by atoms with Crippen molar-refractivity contribution < 1.29 is 17.6 Å². The Morgan fingerprint density at radius 3 is 2.65 bits per heavy atom. The highest BCUT2D eigenvalue weighted by Gasteiger charge is 2.41. The molecular formula is C19H27FN2O3S. The van der Waals surface area contributed by atoms with Crippen molar-refractivity contribution in [1.82, 2.24) is 9.62 Å². The zero-order valence-corrected chi connectivity index (χ0v) is 15.8. The molecule has 1 aliphatic carbocycles. The summed E-state index contributed by atoms with van der Waals surface area (Å²) in [4.78, 5) is 12.5. The van der Waals surface area contributed by atoms with Gasteiger partial charge in [-0.2, -0.15) is 4.31 Å². The van der Waals surface area contributed by atoms with Gasteiger partial charge in [0.25, 0.3) is 0 Å². The van der Waals surface area contributed by atoms with Crippen molar-refractivity contribution in [2.24, 2.45) is 5.92 Å². The Morgan fingerprint density at radius 1 is 1.08 bits per heavy atom. The number of sulfonamides is 1. The van der Waals surface area contributed by atoms with Crippen molar-refractivity contribution >= 4 is 15.9 Å². The van der Waals surface area contributed by atoms with E-state index >= 15 is 0 Å². The summed E-state index contributed by atoms with van der Waals surface area (Å²) in [6.45, 7) is 1.06. The highest BCUT2D eigenvalue weighted by Crippen LogP contribution is 2.33. The van der Waals surface area contributed by atoms with E-state index in [2.05, 4.69) is 5.32 Å². The first-order valence-corrected chi connectivity index (χ1v) is 11.1. The number of halogens is 1. The molecule has 0 aromatic heterocycles. The number of amides is 1. The number of carbonyl (C=O) groups excluding carboxylic acids is 1. The van der Waals surface area contributed by atoms with Gasteiger partial charge in [-0.1, -0.05) is 37.5 Å². The first kappa shape index (κ1) is 19.3. The van der Waals surface area contributed by atoms with Gasteiger partial charge in [-0.25, -0.2) is 12.8 Å². The zero-order chi connectivity index (χ0) is 18.6. The second kappa shape index (κ2) is 8.48. The SMILES string of the molecule is O=C1NCCCCCCN(S(=O)(=O)Cc2ccccc2F)C2CCCC12. The third-order valence-corrected chi connectivity index (χ3v) is 7.29. The van der Waals surface area contributed by atoms with E-state index in [4.69, 9.17) is 0 Å². The number of hydrogen-bond acceptors (Lipinski definition) is 3. The summed E-state index contributed by atoms with van der Waals surface area (Å²) in [6.07, 6.45) is 5.83. The van der Waals surface area contributed by atoms with E-state index in [1.54, 1.807) is 12.1 Å². The monoisotopic (exact) mass is 382 g/mol. The van der Waals surface area contributed by atoms with Crippen molar-refractivity contribution in [2.75, 3.05) is 13.1 Å². The Kier molecular flexibility index (Phi) is 6.29. The van der Waals surface area contributed by atoms with Crippen LogP contribution < -0.4 is 5.32 Å². The topological polar surface area (TPSA) is 66.5 Å². The Morgan fingerprint density at radius 2 is 1.85 bits per heavy atom. The normalized spacial score (nSPS) is 26.0. The maximum absolute atomic E-state index is 14.0. The number of benzene rings is 1. The maximum Gasteiger partial charge on any atom is 0.224 e. The van der Waals surface area contributed by atoms with Gasteiger partial charge in [-0.3, -0.25) is 4.79 Å². The fraction of sp³-hybridized carbons (Fsp3) is 0.632.